The fourth-order valence-electron chi connectivity index (χ4n) is 4.39. The second-order valence-corrected chi connectivity index (χ2v) is 9.15. The summed E-state index contributed by atoms with van der Waals surface area (Å²) < 4.78 is 7.88. The third-order valence-corrected chi connectivity index (χ3v) is 6.83. The predicted octanol–water partition coefficient (Wildman–Crippen LogP) is 7.10. The molecule has 0 spiro atoms. The van der Waals surface area contributed by atoms with E-state index in [2.05, 4.69) is 20.8 Å². The maximum absolute atomic E-state index is 12.9. The van der Waals surface area contributed by atoms with Crippen molar-refractivity contribution in [2.75, 3.05) is 0 Å². The molecule has 2 heterocycles. The molecule has 4 aromatic rings. The number of aromatic nitrogens is 1. The van der Waals surface area contributed by atoms with Crippen LogP contribution in [0.3, 0.4) is 0 Å². The second-order valence-electron chi connectivity index (χ2n) is 8.31. The molecule has 1 fully saturated rings. The summed E-state index contributed by atoms with van der Waals surface area (Å²) in [7, 11) is 0. The van der Waals surface area contributed by atoms with Crippen LogP contribution in [0, 0.1) is 6.92 Å². The summed E-state index contributed by atoms with van der Waals surface area (Å²) >= 11 is 1.52. The van der Waals surface area contributed by atoms with Crippen LogP contribution in [-0.2, 0) is 0 Å². The zero-order chi connectivity index (χ0) is 23.9. The Hall–Kier alpha value is -3.25. The van der Waals surface area contributed by atoms with Crippen LogP contribution in [0.2, 0.25) is 0 Å². The molecule has 0 amide bonds. The van der Waals surface area contributed by atoms with Crippen molar-refractivity contribution >= 4 is 28.5 Å². The molecule has 0 radical (unpaired) electrons. The minimum atomic E-state index is -0.317. The molecular weight excluding hydrogens is 442 g/mol. The van der Waals surface area contributed by atoms with Crippen LogP contribution in [0.1, 0.15) is 63.1 Å². The van der Waals surface area contributed by atoms with Crippen molar-refractivity contribution < 1.29 is 4.42 Å². The molecule has 2 aromatic carbocycles. The highest BCUT2D eigenvalue weighted by Crippen LogP contribution is 2.32. The van der Waals surface area contributed by atoms with E-state index >= 15 is 0 Å². The van der Waals surface area contributed by atoms with Gasteiger partial charge < -0.3 is 8.98 Å². The summed E-state index contributed by atoms with van der Waals surface area (Å²) in [6.07, 6.45) is 7.55. The van der Waals surface area contributed by atoms with Crippen LogP contribution < -0.4 is 10.4 Å². The van der Waals surface area contributed by atoms with Crippen LogP contribution in [0.4, 0.5) is 0 Å². The van der Waals surface area contributed by atoms with Gasteiger partial charge in [0.1, 0.15) is 5.58 Å². The van der Waals surface area contributed by atoms with Crippen LogP contribution in [-0.4, -0.2) is 10.8 Å². The third-order valence-electron chi connectivity index (χ3n) is 5.99. The molecule has 0 unspecified atom stereocenters. The molecule has 0 saturated heterocycles. The van der Waals surface area contributed by atoms with Gasteiger partial charge in [-0.3, -0.25) is 0 Å². The highest BCUT2D eigenvalue weighted by molar-refractivity contribution is 7.07. The van der Waals surface area contributed by atoms with E-state index in [-0.39, 0.29) is 5.63 Å². The molecule has 6 heteroatoms. The van der Waals surface area contributed by atoms with Gasteiger partial charge in [-0.05, 0) is 43.5 Å². The van der Waals surface area contributed by atoms with Gasteiger partial charge in [-0.2, -0.15) is 5.10 Å². The molecule has 2 aromatic heterocycles. The van der Waals surface area contributed by atoms with Crippen molar-refractivity contribution in [2.24, 2.45) is 10.2 Å². The Morgan fingerprint density at radius 3 is 2.56 bits per heavy atom. The standard InChI is InChI=1S/C26H25N3O2S.C2H6/c1-18-12-13-24-20(14-18)15-22(25(30)31-24)23-17-32-26(29(23)21-10-6-3-7-11-21)28-27-16-19-8-4-2-5-9-19;1-2/h2,4-5,8-9,12-17,21H,3,6-7,10-11H2,1H3;1-2H3/b27-16?,28-26-;. The quantitative estimate of drug-likeness (QED) is 0.180. The van der Waals surface area contributed by atoms with E-state index in [9.17, 15) is 4.79 Å². The monoisotopic (exact) mass is 473 g/mol. The molecule has 5 rings (SSSR count). The largest absolute Gasteiger partial charge is 0.422 e. The van der Waals surface area contributed by atoms with Gasteiger partial charge >= 0.3 is 5.63 Å². The lowest BCUT2D eigenvalue weighted by molar-refractivity contribution is 0.350. The smallest absolute Gasteiger partial charge is 0.345 e. The molecule has 0 atom stereocenters. The predicted molar refractivity (Wildman–Crippen MR) is 142 cm³/mol. The number of nitrogens with zero attached hydrogens (tertiary/aromatic N) is 3. The fraction of sp³-hybridized carbons (Fsp3) is 0.321. The summed E-state index contributed by atoms with van der Waals surface area (Å²) in [5, 5.41) is 11.8. The van der Waals surface area contributed by atoms with E-state index in [1.54, 1.807) is 6.21 Å². The molecule has 0 N–H and O–H groups in total. The lowest BCUT2D eigenvalue weighted by Crippen LogP contribution is -2.24. The normalized spacial score (nSPS) is 15.0. The Bertz CT molecular complexity index is 1390. The number of fused-ring (bicyclic) bond motifs is 1. The van der Waals surface area contributed by atoms with Gasteiger partial charge in [0.05, 0.1) is 17.5 Å². The molecular formula is C28H31N3O2S. The summed E-state index contributed by atoms with van der Waals surface area (Å²) in [6.45, 7) is 6.04. The zero-order valence-corrected chi connectivity index (χ0v) is 20.8. The van der Waals surface area contributed by atoms with Crippen molar-refractivity contribution in [1.29, 1.82) is 0 Å². The lowest BCUT2D eigenvalue weighted by Gasteiger charge is -2.25. The van der Waals surface area contributed by atoms with Gasteiger partial charge in [-0.15, -0.1) is 16.4 Å². The first-order chi connectivity index (χ1) is 16.7. The minimum absolute atomic E-state index is 0.309. The third kappa shape index (κ3) is 5.28. The van der Waals surface area contributed by atoms with Gasteiger partial charge in [0, 0.05) is 16.8 Å². The van der Waals surface area contributed by atoms with Crippen molar-refractivity contribution in [3.8, 4) is 11.3 Å². The van der Waals surface area contributed by atoms with Gasteiger partial charge in [0.25, 0.3) is 0 Å². The van der Waals surface area contributed by atoms with Crippen LogP contribution in [0.15, 0.2) is 79.4 Å². The van der Waals surface area contributed by atoms with Gasteiger partial charge in [-0.25, -0.2) is 4.79 Å². The summed E-state index contributed by atoms with van der Waals surface area (Å²) in [4.78, 5) is 13.7. The molecule has 5 nitrogen and oxygen atoms in total. The minimum Gasteiger partial charge on any atom is -0.422 e. The Labute approximate surface area is 204 Å². The Kier molecular flexibility index (Phi) is 7.91. The van der Waals surface area contributed by atoms with E-state index < -0.39 is 0 Å². The van der Waals surface area contributed by atoms with Crippen LogP contribution >= 0.6 is 11.3 Å². The zero-order valence-electron chi connectivity index (χ0n) is 20.0. The number of hydrogen-bond donors (Lipinski definition) is 0. The second kappa shape index (κ2) is 11.3. The molecule has 1 aliphatic rings. The molecule has 176 valence electrons. The first-order valence-electron chi connectivity index (χ1n) is 12.1. The topological polar surface area (TPSA) is 59.9 Å². The first kappa shape index (κ1) is 23.9. The molecule has 34 heavy (non-hydrogen) atoms. The van der Waals surface area contributed by atoms with Crippen LogP contribution in [0.5, 0.6) is 0 Å². The Morgan fingerprint density at radius 1 is 1.03 bits per heavy atom. The van der Waals surface area contributed by atoms with E-state index in [4.69, 9.17) is 4.42 Å². The molecule has 1 saturated carbocycles. The summed E-state index contributed by atoms with van der Waals surface area (Å²) in [6, 6.07) is 18.1. The van der Waals surface area contributed by atoms with E-state index in [0.717, 1.165) is 39.9 Å². The number of hydrogen-bond acceptors (Lipinski definition) is 5. The molecule has 0 bridgehead atoms. The SMILES string of the molecule is CC.Cc1ccc2oc(=O)c(-c3cs/c(=N\N=Cc4ccccc4)n3C3CCCCC3)cc2c1. The average Bonchev–Trinajstić information content (AvgIpc) is 3.30. The lowest BCUT2D eigenvalue weighted by atomic mass is 9.95. The van der Waals surface area contributed by atoms with Gasteiger partial charge in [0.15, 0.2) is 0 Å². The Balaban J connectivity index is 0.00000133. The van der Waals surface area contributed by atoms with Crippen LogP contribution in [0.25, 0.3) is 22.2 Å². The fourth-order valence-corrected chi connectivity index (χ4v) is 5.30. The number of rotatable bonds is 4. The molecule has 1 aliphatic carbocycles. The van der Waals surface area contributed by atoms with E-state index in [0.29, 0.717) is 17.2 Å². The first-order valence-corrected chi connectivity index (χ1v) is 12.9. The number of benzene rings is 2. The summed E-state index contributed by atoms with van der Waals surface area (Å²) in [5.41, 5.74) is 3.88. The summed E-state index contributed by atoms with van der Waals surface area (Å²) in [5.74, 6) is 0. The van der Waals surface area contributed by atoms with E-state index in [1.807, 2.05) is 74.7 Å². The maximum Gasteiger partial charge on any atom is 0.345 e. The van der Waals surface area contributed by atoms with Crippen molar-refractivity contribution in [3.63, 3.8) is 0 Å². The van der Waals surface area contributed by atoms with Crippen molar-refractivity contribution in [2.45, 2.75) is 58.9 Å². The number of aryl methyl sites for hydroxylation is 1. The number of thiazole rings is 1. The highest BCUT2D eigenvalue weighted by Gasteiger charge is 2.22. The van der Waals surface area contributed by atoms with Gasteiger partial charge in [0.2, 0.25) is 4.80 Å². The van der Waals surface area contributed by atoms with E-state index in [1.165, 1.54) is 30.6 Å². The Morgan fingerprint density at radius 2 is 1.79 bits per heavy atom. The maximum atomic E-state index is 12.9. The average molecular weight is 474 g/mol. The van der Waals surface area contributed by atoms with Crippen molar-refractivity contribution in [3.05, 3.63) is 86.3 Å². The molecule has 0 aliphatic heterocycles. The highest BCUT2D eigenvalue weighted by atomic mass is 32.1. The van der Waals surface area contributed by atoms with Crippen molar-refractivity contribution in [1.82, 2.24) is 4.57 Å². The van der Waals surface area contributed by atoms with Gasteiger partial charge in [-0.1, -0.05) is 75.1 Å².